The molecule has 0 spiro atoms. The Kier molecular flexibility index (Phi) is 4.16. The highest BCUT2D eigenvalue weighted by Crippen LogP contribution is 2.26. The molecule has 1 aromatic carbocycles. The van der Waals surface area contributed by atoms with Crippen molar-refractivity contribution in [2.75, 3.05) is 0 Å². The number of carboxylic acid groups (broad SMARTS) is 1. The summed E-state index contributed by atoms with van der Waals surface area (Å²) in [5, 5.41) is 11.8. The maximum absolute atomic E-state index is 12.0. The third-order valence-corrected chi connectivity index (χ3v) is 3.60. The summed E-state index contributed by atoms with van der Waals surface area (Å²) in [6.45, 7) is 0. The number of rotatable bonds is 4. The van der Waals surface area contributed by atoms with Gasteiger partial charge in [-0.25, -0.2) is 0 Å². The van der Waals surface area contributed by atoms with Gasteiger partial charge in [-0.3, -0.25) is 9.59 Å². The number of carbonyl (C=O) groups excluding carboxylic acids is 1. The number of nitrogens with two attached hydrogens (primary N) is 1. The van der Waals surface area contributed by atoms with E-state index >= 15 is 0 Å². The Bertz CT molecular complexity index is 461. The van der Waals surface area contributed by atoms with E-state index in [1.165, 1.54) is 0 Å². The molecule has 4 N–H and O–H groups in total. The Morgan fingerprint density at radius 1 is 1.26 bits per heavy atom. The van der Waals surface area contributed by atoms with E-state index in [-0.39, 0.29) is 11.9 Å². The first-order valence-electron chi connectivity index (χ1n) is 6.43. The van der Waals surface area contributed by atoms with Crippen molar-refractivity contribution in [3.8, 4) is 0 Å². The van der Waals surface area contributed by atoms with Crippen molar-refractivity contribution >= 4 is 11.9 Å². The van der Waals surface area contributed by atoms with Gasteiger partial charge in [0, 0.05) is 6.04 Å². The van der Waals surface area contributed by atoms with E-state index in [9.17, 15) is 9.59 Å². The predicted molar refractivity (Wildman–Crippen MR) is 70.3 cm³/mol. The molecule has 0 heterocycles. The summed E-state index contributed by atoms with van der Waals surface area (Å²) in [6.07, 6.45) is 2.13. The van der Waals surface area contributed by atoms with Gasteiger partial charge in [-0.1, -0.05) is 36.8 Å². The Labute approximate surface area is 111 Å². The van der Waals surface area contributed by atoms with Crippen molar-refractivity contribution in [1.82, 2.24) is 5.32 Å². The summed E-state index contributed by atoms with van der Waals surface area (Å²) < 4.78 is 0. The van der Waals surface area contributed by atoms with Gasteiger partial charge in [-0.2, -0.15) is 0 Å². The Hall–Kier alpha value is -1.88. The fraction of sp³-hybridized carbons (Fsp3) is 0.429. The molecule has 2 rings (SSSR count). The first-order valence-corrected chi connectivity index (χ1v) is 6.43. The molecule has 0 radical (unpaired) electrons. The average Bonchev–Trinajstić information content (AvgIpc) is 2.87. The molecule has 1 aromatic rings. The van der Waals surface area contributed by atoms with Crippen molar-refractivity contribution in [2.24, 2.45) is 11.7 Å². The van der Waals surface area contributed by atoms with Crippen LogP contribution in [0, 0.1) is 5.92 Å². The van der Waals surface area contributed by atoms with E-state index in [4.69, 9.17) is 10.8 Å². The van der Waals surface area contributed by atoms with Gasteiger partial charge < -0.3 is 16.2 Å². The van der Waals surface area contributed by atoms with E-state index < -0.39 is 17.9 Å². The van der Waals surface area contributed by atoms with Gasteiger partial charge in [-0.15, -0.1) is 0 Å². The quantitative estimate of drug-likeness (QED) is 0.756. The Balaban J connectivity index is 1.99. The molecule has 0 bridgehead atoms. The topological polar surface area (TPSA) is 92.4 Å². The number of nitrogens with one attached hydrogen (secondary N) is 1. The van der Waals surface area contributed by atoms with Crippen molar-refractivity contribution in [1.29, 1.82) is 0 Å². The van der Waals surface area contributed by atoms with Crippen LogP contribution in [0.3, 0.4) is 0 Å². The molecule has 102 valence electrons. The van der Waals surface area contributed by atoms with Crippen LogP contribution in [-0.4, -0.2) is 23.0 Å². The number of aliphatic carboxylic acids is 1. The lowest BCUT2D eigenvalue weighted by Gasteiger charge is -2.20. The van der Waals surface area contributed by atoms with Crippen LogP contribution < -0.4 is 11.1 Å². The molecule has 1 aliphatic carbocycles. The predicted octanol–water partition coefficient (Wildman–Crippen LogP) is 1.06. The fourth-order valence-corrected chi connectivity index (χ4v) is 2.51. The molecule has 5 nitrogen and oxygen atoms in total. The number of hydrogen-bond acceptors (Lipinski definition) is 3. The van der Waals surface area contributed by atoms with Gasteiger partial charge in [0.15, 0.2) is 0 Å². The largest absolute Gasteiger partial charge is 0.481 e. The van der Waals surface area contributed by atoms with Crippen LogP contribution in [0.4, 0.5) is 0 Å². The van der Waals surface area contributed by atoms with Gasteiger partial charge in [0.1, 0.15) is 6.04 Å². The third kappa shape index (κ3) is 3.12. The first kappa shape index (κ1) is 13.5. The lowest BCUT2D eigenvalue weighted by molar-refractivity contribution is -0.142. The second-order valence-corrected chi connectivity index (χ2v) is 4.88. The molecule has 5 heteroatoms. The van der Waals surface area contributed by atoms with E-state index in [1.54, 1.807) is 12.1 Å². The van der Waals surface area contributed by atoms with Crippen molar-refractivity contribution < 1.29 is 14.7 Å². The molecule has 0 saturated heterocycles. The average molecular weight is 262 g/mol. The number of amides is 1. The molecule has 1 saturated carbocycles. The van der Waals surface area contributed by atoms with Crippen LogP contribution in [0.2, 0.25) is 0 Å². The molecule has 3 unspecified atom stereocenters. The number of benzene rings is 1. The van der Waals surface area contributed by atoms with Crippen LogP contribution in [0.5, 0.6) is 0 Å². The van der Waals surface area contributed by atoms with Crippen molar-refractivity contribution in [3.05, 3.63) is 35.9 Å². The molecule has 1 amide bonds. The Morgan fingerprint density at radius 2 is 1.95 bits per heavy atom. The maximum atomic E-state index is 12.0. The Morgan fingerprint density at radius 3 is 2.58 bits per heavy atom. The maximum Gasteiger partial charge on any atom is 0.308 e. The molecule has 19 heavy (non-hydrogen) atoms. The summed E-state index contributed by atoms with van der Waals surface area (Å²) in [4.78, 5) is 23.1. The fourth-order valence-electron chi connectivity index (χ4n) is 2.51. The SMILES string of the molecule is NC(C(=O)NC1CCCC1C(=O)O)c1ccccc1. The molecule has 1 aliphatic rings. The normalized spacial score (nSPS) is 23.8. The summed E-state index contributed by atoms with van der Waals surface area (Å²) in [7, 11) is 0. The van der Waals surface area contributed by atoms with Gasteiger partial charge in [0.25, 0.3) is 0 Å². The zero-order valence-corrected chi connectivity index (χ0v) is 10.6. The highest BCUT2D eigenvalue weighted by molar-refractivity contribution is 5.84. The molecule has 0 aromatic heterocycles. The summed E-state index contributed by atoms with van der Waals surface area (Å²) >= 11 is 0. The van der Waals surface area contributed by atoms with Crippen molar-refractivity contribution in [3.63, 3.8) is 0 Å². The van der Waals surface area contributed by atoms with Gasteiger partial charge >= 0.3 is 5.97 Å². The third-order valence-electron chi connectivity index (χ3n) is 3.60. The number of hydrogen-bond donors (Lipinski definition) is 3. The second kappa shape index (κ2) is 5.84. The number of carbonyl (C=O) groups is 2. The smallest absolute Gasteiger partial charge is 0.308 e. The molecular formula is C14H18N2O3. The molecular weight excluding hydrogens is 244 g/mol. The van der Waals surface area contributed by atoms with Crippen LogP contribution in [-0.2, 0) is 9.59 Å². The standard InChI is InChI=1S/C14H18N2O3/c15-12(9-5-2-1-3-6-9)13(17)16-11-8-4-7-10(11)14(18)19/h1-3,5-6,10-12H,4,7-8,15H2,(H,16,17)(H,18,19). The first-order chi connectivity index (χ1) is 9.09. The van der Waals surface area contributed by atoms with Gasteiger partial charge in [0.05, 0.1) is 5.92 Å². The van der Waals surface area contributed by atoms with E-state index in [0.29, 0.717) is 12.8 Å². The lowest BCUT2D eigenvalue weighted by Crippen LogP contribution is -2.44. The molecule has 1 fully saturated rings. The minimum Gasteiger partial charge on any atom is -0.481 e. The summed E-state index contributed by atoms with van der Waals surface area (Å²) in [5.74, 6) is -1.66. The van der Waals surface area contributed by atoms with Gasteiger partial charge in [-0.05, 0) is 18.4 Å². The highest BCUT2D eigenvalue weighted by Gasteiger charge is 2.34. The summed E-state index contributed by atoms with van der Waals surface area (Å²) in [6, 6.07) is 8.00. The monoisotopic (exact) mass is 262 g/mol. The van der Waals surface area contributed by atoms with E-state index in [0.717, 1.165) is 12.0 Å². The van der Waals surface area contributed by atoms with Crippen LogP contribution in [0.25, 0.3) is 0 Å². The molecule has 0 aliphatic heterocycles. The zero-order chi connectivity index (χ0) is 13.8. The second-order valence-electron chi connectivity index (χ2n) is 4.88. The van der Waals surface area contributed by atoms with E-state index in [1.807, 2.05) is 18.2 Å². The van der Waals surface area contributed by atoms with Crippen LogP contribution >= 0.6 is 0 Å². The van der Waals surface area contributed by atoms with Crippen LogP contribution in [0.15, 0.2) is 30.3 Å². The van der Waals surface area contributed by atoms with E-state index in [2.05, 4.69) is 5.32 Å². The lowest BCUT2D eigenvalue weighted by atomic mass is 10.0. The highest BCUT2D eigenvalue weighted by atomic mass is 16.4. The number of carboxylic acids is 1. The van der Waals surface area contributed by atoms with Crippen LogP contribution in [0.1, 0.15) is 30.9 Å². The van der Waals surface area contributed by atoms with Gasteiger partial charge in [0.2, 0.25) is 5.91 Å². The minimum absolute atomic E-state index is 0.306. The minimum atomic E-state index is -0.851. The van der Waals surface area contributed by atoms with Crippen molar-refractivity contribution in [2.45, 2.75) is 31.3 Å². The zero-order valence-electron chi connectivity index (χ0n) is 10.6. The summed E-state index contributed by atoms with van der Waals surface area (Å²) in [5.41, 5.74) is 6.61. The molecule has 3 atom stereocenters.